The normalized spacial score (nSPS) is 10.9. The molecule has 0 saturated heterocycles. The van der Waals surface area contributed by atoms with Crippen LogP contribution in [0.2, 0.25) is 0 Å². The van der Waals surface area contributed by atoms with Gasteiger partial charge in [-0.3, -0.25) is 0 Å². The monoisotopic (exact) mass is 196 g/mol. The predicted octanol–water partition coefficient (Wildman–Crippen LogP) is 4.61. The van der Waals surface area contributed by atoms with Gasteiger partial charge in [0.05, 0.1) is 0 Å². The Bertz CT molecular complexity index is 492. The van der Waals surface area contributed by atoms with Crippen LogP contribution in [0.15, 0.2) is 43.0 Å². The van der Waals surface area contributed by atoms with Crippen LogP contribution in [0, 0.1) is 0 Å². The second-order valence-corrected chi connectivity index (χ2v) is 4.15. The third-order valence-corrected chi connectivity index (χ3v) is 2.83. The lowest BCUT2D eigenvalue weighted by molar-refractivity contribution is 0.866. The van der Waals surface area contributed by atoms with Gasteiger partial charge in [0.2, 0.25) is 0 Å². The van der Waals surface area contributed by atoms with Gasteiger partial charge in [-0.05, 0) is 27.8 Å². The molecule has 0 saturated carbocycles. The molecule has 0 amide bonds. The first kappa shape index (κ1) is 9.97. The highest BCUT2D eigenvalue weighted by atomic mass is 14.1. The summed E-state index contributed by atoms with van der Waals surface area (Å²) in [6.45, 7) is 8.36. The highest BCUT2D eigenvalue weighted by Gasteiger charge is 2.07. The molecule has 0 N–H and O–H groups in total. The molecule has 0 spiro atoms. The Morgan fingerprint density at radius 1 is 1.07 bits per heavy atom. The summed E-state index contributed by atoms with van der Waals surface area (Å²) in [5.74, 6) is 0.544. The summed E-state index contributed by atoms with van der Waals surface area (Å²) in [5.41, 5.74) is 2.66. The number of fused-ring (bicyclic) bond motifs is 1. The summed E-state index contributed by atoms with van der Waals surface area (Å²) in [6.07, 6.45) is 1.97. The van der Waals surface area contributed by atoms with E-state index in [1.54, 1.807) is 0 Å². The molecule has 15 heavy (non-hydrogen) atoms. The lowest BCUT2D eigenvalue weighted by atomic mass is 9.92. The van der Waals surface area contributed by atoms with Crippen molar-refractivity contribution in [2.75, 3.05) is 0 Å². The summed E-state index contributed by atoms with van der Waals surface area (Å²) in [6, 6.07) is 12.9. The fourth-order valence-corrected chi connectivity index (χ4v) is 2.04. The largest absolute Gasteiger partial charge is 0.0984 e. The molecule has 0 radical (unpaired) electrons. The Kier molecular flexibility index (Phi) is 2.59. The van der Waals surface area contributed by atoms with E-state index in [2.05, 4.69) is 56.8 Å². The average Bonchev–Trinajstić information content (AvgIpc) is 2.27. The zero-order valence-corrected chi connectivity index (χ0v) is 9.33. The quantitative estimate of drug-likeness (QED) is 0.658. The van der Waals surface area contributed by atoms with E-state index in [0.717, 1.165) is 0 Å². The zero-order valence-electron chi connectivity index (χ0n) is 9.33. The van der Waals surface area contributed by atoms with E-state index in [1.807, 2.05) is 6.08 Å². The van der Waals surface area contributed by atoms with E-state index in [4.69, 9.17) is 0 Å². The second-order valence-electron chi connectivity index (χ2n) is 4.15. The van der Waals surface area contributed by atoms with Crippen LogP contribution in [0.5, 0.6) is 0 Å². The van der Waals surface area contributed by atoms with Crippen LogP contribution in [0.1, 0.15) is 30.9 Å². The standard InChI is InChI=1S/C15H16/c1-4-13-14(11(2)3)10-9-12-7-5-6-8-15(12)13/h4-11H,1H2,2-3H3. The fourth-order valence-electron chi connectivity index (χ4n) is 2.04. The van der Waals surface area contributed by atoms with Crippen molar-refractivity contribution in [3.05, 3.63) is 54.1 Å². The first-order valence-electron chi connectivity index (χ1n) is 5.38. The van der Waals surface area contributed by atoms with E-state index in [0.29, 0.717) is 5.92 Å². The second kappa shape index (κ2) is 3.90. The van der Waals surface area contributed by atoms with Crippen molar-refractivity contribution >= 4 is 16.8 Å². The summed E-state index contributed by atoms with van der Waals surface area (Å²) in [5, 5.41) is 2.59. The Hall–Kier alpha value is -1.56. The smallest absolute Gasteiger partial charge is 0.0109 e. The third-order valence-electron chi connectivity index (χ3n) is 2.83. The minimum absolute atomic E-state index is 0.544. The highest BCUT2D eigenvalue weighted by Crippen LogP contribution is 2.28. The van der Waals surface area contributed by atoms with Crippen molar-refractivity contribution < 1.29 is 0 Å². The van der Waals surface area contributed by atoms with Crippen LogP contribution in [0.4, 0.5) is 0 Å². The van der Waals surface area contributed by atoms with Crippen molar-refractivity contribution in [3.63, 3.8) is 0 Å². The van der Waals surface area contributed by atoms with Gasteiger partial charge in [0.15, 0.2) is 0 Å². The maximum absolute atomic E-state index is 3.92. The number of benzene rings is 2. The van der Waals surface area contributed by atoms with E-state index in [1.165, 1.54) is 21.9 Å². The Labute approximate surface area is 91.2 Å². The average molecular weight is 196 g/mol. The van der Waals surface area contributed by atoms with Gasteiger partial charge >= 0.3 is 0 Å². The van der Waals surface area contributed by atoms with Crippen molar-refractivity contribution in [1.29, 1.82) is 0 Å². The molecule has 0 bridgehead atoms. The van der Waals surface area contributed by atoms with Gasteiger partial charge in [-0.25, -0.2) is 0 Å². The third kappa shape index (κ3) is 1.68. The molecular formula is C15H16. The van der Waals surface area contributed by atoms with Crippen LogP contribution in [0.3, 0.4) is 0 Å². The summed E-state index contributed by atoms with van der Waals surface area (Å²) >= 11 is 0. The van der Waals surface area contributed by atoms with Crippen LogP contribution >= 0.6 is 0 Å². The van der Waals surface area contributed by atoms with Crippen LogP contribution < -0.4 is 0 Å². The van der Waals surface area contributed by atoms with Crippen molar-refractivity contribution in [1.82, 2.24) is 0 Å². The first-order chi connectivity index (χ1) is 7.24. The molecule has 0 atom stereocenters. The minimum atomic E-state index is 0.544. The lowest BCUT2D eigenvalue weighted by Gasteiger charge is -2.12. The van der Waals surface area contributed by atoms with Crippen molar-refractivity contribution in [2.45, 2.75) is 19.8 Å². The maximum Gasteiger partial charge on any atom is -0.0109 e. The number of hydrogen-bond donors (Lipinski definition) is 0. The van der Waals surface area contributed by atoms with Gasteiger partial charge < -0.3 is 0 Å². The molecule has 0 fully saturated rings. The predicted molar refractivity (Wildman–Crippen MR) is 68.1 cm³/mol. The fraction of sp³-hybridized carbons (Fsp3) is 0.200. The molecule has 0 heterocycles. The molecule has 0 heteroatoms. The molecule has 2 aromatic rings. The number of hydrogen-bond acceptors (Lipinski definition) is 0. The molecule has 2 aromatic carbocycles. The van der Waals surface area contributed by atoms with Crippen molar-refractivity contribution in [2.24, 2.45) is 0 Å². The van der Waals surface area contributed by atoms with Gasteiger partial charge in [0.1, 0.15) is 0 Å². The molecule has 0 aliphatic heterocycles. The SMILES string of the molecule is C=Cc1c(C(C)C)ccc2ccccc12. The lowest BCUT2D eigenvalue weighted by Crippen LogP contribution is -1.92. The molecule has 0 unspecified atom stereocenters. The van der Waals surface area contributed by atoms with E-state index in [9.17, 15) is 0 Å². The number of rotatable bonds is 2. The van der Waals surface area contributed by atoms with Gasteiger partial charge in [0, 0.05) is 0 Å². The van der Waals surface area contributed by atoms with Crippen LogP contribution in [-0.4, -0.2) is 0 Å². The molecule has 0 nitrogen and oxygen atoms in total. The molecular weight excluding hydrogens is 180 g/mol. The summed E-state index contributed by atoms with van der Waals surface area (Å²) in [4.78, 5) is 0. The first-order valence-corrected chi connectivity index (χ1v) is 5.38. The van der Waals surface area contributed by atoms with Crippen LogP contribution in [-0.2, 0) is 0 Å². The van der Waals surface area contributed by atoms with Gasteiger partial charge in [-0.2, -0.15) is 0 Å². The van der Waals surface area contributed by atoms with E-state index < -0.39 is 0 Å². The summed E-state index contributed by atoms with van der Waals surface area (Å²) in [7, 11) is 0. The van der Waals surface area contributed by atoms with Gasteiger partial charge in [-0.15, -0.1) is 0 Å². The van der Waals surface area contributed by atoms with Crippen LogP contribution in [0.25, 0.3) is 16.8 Å². The highest BCUT2D eigenvalue weighted by molar-refractivity contribution is 5.91. The maximum atomic E-state index is 3.92. The Morgan fingerprint density at radius 3 is 2.47 bits per heavy atom. The van der Waals surface area contributed by atoms with E-state index in [-0.39, 0.29) is 0 Å². The molecule has 76 valence electrons. The van der Waals surface area contributed by atoms with Gasteiger partial charge in [0.25, 0.3) is 0 Å². The molecule has 0 aromatic heterocycles. The minimum Gasteiger partial charge on any atom is -0.0984 e. The molecule has 2 rings (SSSR count). The van der Waals surface area contributed by atoms with E-state index >= 15 is 0 Å². The zero-order chi connectivity index (χ0) is 10.8. The Balaban J connectivity index is 2.81. The van der Waals surface area contributed by atoms with Crippen molar-refractivity contribution in [3.8, 4) is 0 Å². The molecule has 0 aliphatic rings. The topological polar surface area (TPSA) is 0 Å². The Morgan fingerprint density at radius 2 is 1.80 bits per heavy atom. The summed E-state index contributed by atoms with van der Waals surface area (Å²) < 4.78 is 0. The van der Waals surface area contributed by atoms with Gasteiger partial charge in [-0.1, -0.05) is 62.9 Å². The molecule has 0 aliphatic carbocycles.